The van der Waals surface area contributed by atoms with E-state index < -0.39 is 0 Å². The van der Waals surface area contributed by atoms with Crippen molar-refractivity contribution in [2.24, 2.45) is 0 Å². The normalized spacial score (nSPS) is 21.1. The molecule has 31 heavy (non-hydrogen) atoms. The average molecular weight is 441 g/mol. The molecule has 0 N–H and O–H groups in total. The van der Waals surface area contributed by atoms with Crippen LogP contribution in [0.3, 0.4) is 0 Å². The number of fused-ring (bicyclic) bond motifs is 2. The standard InChI is InChI=1S/C23H25FN4O2S/c1-13-6-18(30-23-5-4-16-9-28(15(3)29)12-21(16)26-23)11-27(13)10-17-7-20-22(8-19(17)24)31-14(2)25-20/h4-5,7-8,13,18H,6,9-12H2,1-3H3/t13-,18-/m1/s1. The zero-order valence-electron chi connectivity index (χ0n) is 17.9. The van der Waals surface area contributed by atoms with Crippen molar-refractivity contribution in [3.63, 3.8) is 0 Å². The summed E-state index contributed by atoms with van der Waals surface area (Å²) in [7, 11) is 0. The Balaban J connectivity index is 1.26. The topological polar surface area (TPSA) is 58.6 Å². The summed E-state index contributed by atoms with van der Waals surface area (Å²) in [6.45, 7) is 8.06. The number of rotatable bonds is 4. The molecule has 162 valence electrons. The second-order valence-corrected chi connectivity index (χ2v) is 9.76. The highest BCUT2D eigenvalue weighted by molar-refractivity contribution is 7.18. The van der Waals surface area contributed by atoms with E-state index in [1.54, 1.807) is 17.9 Å². The van der Waals surface area contributed by atoms with Crippen LogP contribution in [0.25, 0.3) is 10.2 Å². The molecule has 2 aliphatic heterocycles. The van der Waals surface area contributed by atoms with Crippen LogP contribution in [0.1, 0.15) is 42.1 Å². The van der Waals surface area contributed by atoms with E-state index in [0.29, 0.717) is 37.6 Å². The van der Waals surface area contributed by atoms with Crippen LogP contribution in [0, 0.1) is 12.7 Å². The molecule has 4 heterocycles. The number of ether oxygens (including phenoxy) is 1. The van der Waals surface area contributed by atoms with Gasteiger partial charge < -0.3 is 9.64 Å². The minimum absolute atomic E-state index is 0.000766. The number of nitrogens with zero attached hydrogens (tertiary/aromatic N) is 4. The van der Waals surface area contributed by atoms with E-state index in [9.17, 15) is 9.18 Å². The van der Waals surface area contributed by atoms with Crippen LogP contribution >= 0.6 is 11.3 Å². The molecule has 1 fully saturated rings. The van der Waals surface area contributed by atoms with Gasteiger partial charge in [-0.3, -0.25) is 9.69 Å². The molecule has 8 heteroatoms. The van der Waals surface area contributed by atoms with E-state index >= 15 is 0 Å². The van der Waals surface area contributed by atoms with Gasteiger partial charge >= 0.3 is 0 Å². The molecule has 5 rings (SSSR count). The number of carbonyl (C=O) groups is 1. The zero-order chi connectivity index (χ0) is 21.7. The summed E-state index contributed by atoms with van der Waals surface area (Å²) in [6, 6.07) is 7.63. The number of benzene rings is 1. The first kappa shape index (κ1) is 20.3. The third-order valence-electron chi connectivity index (χ3n) is 6.18. The highest BCUT2D eigenvalue weighted by atomic mass is 32.1. The van der Waals surface area contributed by atoms with Crippen molar-refractivity contribution in [1.29, 1.82) is 0 Å². The minimum atomic E-state index is -0.178. The SMILES string of the molecule is CC(=O)N1Cc2ccc(O[C@@H]3C[C@@H](C)N(Cc4cc5nc(C)sc5cc4F)C3)nc2C1. The highest BCUT2D eigenvalue weighted by Crippen LogP contribution is 2.29. The summed E-state index contributed by atoms with van der Waals surface area (Å²) >= 11 is 1.52. The predicted molar refractivity (Wildman–Crippen MR) is 117 cm³/mol. The van der Waals surface area contributed by atoms with Crippen LogP contribution in [-0.4, -0.2) is 44.4 Å². The Labute approximate surface area is 184 Å². The molecule has 0 bridgehead atoms. The number of pyridine rings is 1. The van der Waals surface area contributed by atoms with E-state index in [-0.39, 0.29) is 23.9 Å². The van der Waals surface area contributed by atoms with E-state index in [0.717, 1.165) is 32.9 Å². The maximum absolute atomic E-state index is 14.7. The van der Waals surface area contributed by atoms with E-state index in [1.807, 2.05) is 25.1 Å². The largest absolute Gasteiger partial charge is 0.473 e. The molecule has 2 atom stereocenters. The number of halogens is 1. The molecule has 1 saturated heterocycles. The Kier molecular flexibility index (Phi) is 5.14. The molecule has 2 aromatic heterocycles. The number of amides is 1. The van der Waals surface area contributed by atoms with Gasteiger partial charge in [-0.15, -0.1) is 11.3 Å². The summed E-state index contributed by atoms with van der Waals surface area (Å²) in [5.74, 6) is 0.468. The van der Waals surface area contributed by atoms with Crippen molar-refractivity contribution in [3.05, 3.63) is 51.9 Å². The summed E-state index contributed by atoms with van der Waals surface area (Å²) in [4.78, 5) is 24.8. The Morgan fingerprint density at radius 3 is 2.94 bits per heavy atom. The fourth-order valence-electron chi connectivity index (χ4n) is 4.49. The van der Waals surface area contributed by atoms with Crippen LogP contribution < -0.4 is 4.74 Å². The quantitative estimate of drug-likeness (QED) is 0.613. The summed E-state index contributed by atoms with van der Waals surface area (Å²) in [6.07, 6.45) is 0.858. The van der Waals surface area contributed by atoms with Crippen LogP contribution in [0.2, 0.25) is 0 Å². The molecular weight excluding hydrogens is 415 g/mol. The number of thiazole rings is 1. The van der Waals surface area contributed by atoms with Gasteiger partial charge in [0.25, 0.3) is 0 Å². The highest BCUT2D eigenvalue weighted by Gasteiger charge is 2.32. The van der Waals surface area contributed by atoms with Gasteiger partial charge in [0, 0.05) is 50.7 Å². The van der Waals surface area contributed by atoms with Gasteiger partial charge in [-0.1, -0.05) is 0 Å². The average Bonchev–Trinajstić information content (AvgIpc) is 3.38. The summed E-state index contributed by atoms with van der Waals surface area (Å²) < 4.78 is 21.7. The Bertz CT molecular complexity index is 1160. The van der Waals surface area contributed by atoms with Crippen LogP contribution in [-0.2, 0) is 24.4 Å². The lowest BCUT2D eigenvalue weighted by atomic mass is 10.1. The van der Waals surface area contributed by atoms with E-state index in [1.165, 1.54) is 11.3 Å². The fraction of sp³-hybridized carbons (Fsp3) is 0.435. The van der Waals surface area contributed by atoms with Gasteiger partial charge in [-0.25, -0.2) is 14.4 Å². The number of carbonyl (C=O) groups excluding carboxylic acids is 1. The smallest absolute Gasteiger partial charge is 0.220 e. The lowest BCUT2D eigenvalue weighted by molar-refractivity contribution is -0.129. The maximum Gasteiger partial charge on any atom is 0.220 e. The van der Waals surface area contributed by atoms with Crippen LogP contribution in [0.4, 0.5) is 4.39 Å². The molecule has 0 spiro atoms. The van der Waals surface area contributed by atoms with Crippen molar-refractivity contribution in [1.82, 2.24) is 19.8 Å². The van der Waals surface area contributed by atoms with Crippen LogP contribution in [0.15, 0.2) is 24.3 Å². The molecular formula is C23H25FN4O2S. The van der Waals surface area contributed by atoms with Crippen molar-refractivity contribution in [2.45, 2.75) is 59.0 Å². The number of aromatic nitrogens is 2. The first-order valence-electron chi connectivity index (χ1n) is 10.6. The lowest BCUT2D eigenvalue weighted by Crippen LogP contribution is -2.28. The molecule has 6 nitrogen and oxygen atoms in total. The Morgan fingerprint density at radius 1 is 1.29 bits per heavy atom. The van der Waals surface area contributed by atoms with Crippen molar-refractivity contribution in [3.8, 4) is 5.88 Å². The third-order valence-corrected chi connectivity index (χ3v) is 7.11. The molecule has 0 unspecified atom stereocenters. The van der Waals surface area contributed by atoms with Crippen molar-refractivity contribution < 1.29 is 13.9 Å². The van der Waals surface area contributed by atoms with Gasteiger partial charge in [0.05, 0.1) is 27.5 Å². The van der Waals surface area contributed by atoms with Gasteiger partial charge in [0.2, 0.25) is 11.8 Å². The first-order valence-corrected chi connectivity index (χ1v) is 11.4. The predicted octanol–water partition coefficient (Wildman–Crippen LogP) is 4.04. The number of aryl methyl sites for hydroxylation is 1. The fourth-order valence-corrected chi connectivity index (χ4v) is 5.33. The zero-order valence-corrected chi connectivity index (χ0v) is 18.7. The van der Waals surface area contributed by atoms with Gasteiger partial charge in [0.15, 0.2) is 0 Å². The molecule has 3 aromatic rings. The minimum Gasteiger partial charge on any atom is -0.473 e. The van der Waals surface area contributed by atoms with Crippen LogP contribution in [0.5, 0.6) is 5.88 Å². The van der Waals surface area contributed by atoms with Gasteiger partial charge in [0.1, 0.15) is 11.9 Å². The number of likely N-dealkylation sites (tertiary alicyclic amines) is 1. The summed E-state index contributed by atoms with van der Waals surface area (Å²) in [5.41, 5.74) is 3.52. The molecule has 0 radical (unpaired) electrons. The monoisotopic (exact) mass is 440 g/mol. The lowest BCUT2D eigenvalue weighted by Gasteiger charge is -2.21. The second-order valence-electron chi connectivity index (χ2n) is 8.53. The van der Waals surface area contributed by atoms with Gasteiger partial charge in [-0.05, 0) is 37.6 Å². The Morgan fingerprint density at radius 2 is 2.13 bits per heavy atom. The molecule has 0 saturated carbocycles. The molecule has 0 aliphatic carbocycles. The number of hydrogen-bond acceptors (Lipinski definition) is 6. The van der Waals surface area contributed by atoms with E-state index in [2.05, 4.69) is 21.8 Å². The molecule has 1 aromatic carbocycles. The summed E-state index contributed by atoms with van der Waals surface area (Å²) in [5, 5.41) is 0.947. The molecule has 2 aliphatic rings. The molecule has 1 amide bonds. The third kappa shape index (κ3) is 4.02. The number of hydrogen-bond donors (Lipinski definition) is 0. The Hall–Kier alpha value is -2.58. The second kappa shape index (κ2) is 7.84. The van der Waals surface area contributed by atoms with Crippen molar-refractivity contribution >= 4 is 27.5 Å². The van der Waals surface area contributed by atoms with Gasteiger partial charge in [-0.2, -0.15) is 0 Å². The van der Waals surface area contributed by atoms with E-state index in [4.69, 9.17) is 4.74 Å². The first-order chi connectivity index (χ1) is 14.9. The van der Waals surface area contributed by atoms with Crippen molar-refractivity contribution in [2.75, 3.05) is 6.54 Å². The maximum atomic E-state index is 14.7.